The maximum atomic E-state index is 12.3. The molecule has 1 aromatic heterocycles. The number of hydrogen-bond donors (Lipinski definition) is 0. The maximum absolute atomic E-state index is 12.3. The molecule has 0 bridgehead atoms. The highest BCUT2D eigenvalue weighted by Gasteiger charge is 2.27. The van der Waals surface area contributed by atoms with E-state index in [1.807, 2.05) is 26.8 Å². The summed E-state index contributed by atoms with van der Waals surface area (Å²) >= 11 is 0. The molecule has 25 heavy (non-hydrogen) atoms. The van der Waals surface area contributed by atoms with Gasteiger partial charge in [0, 0.05) is 25.0 Å². The molecule has 1 rings (SSSR count). The molecule has 0 spiro atoms. The number of carbonyl (C=O) groups is 2. The van der Waals surface area contributed by atoms with Crippen molar-refractivity contribution in [2.24, 2.45) is 5.92 Å². The Balaban J connectivity index is 2.72. The van der Waals surface area contributed by atoms with E-state index in [0.29, 0.717) is 12.0 Å². The van der Waals surface area contributed by atoms with E-state index in [0.717, 1.165) is 12.1 Å². The minimum absolute atomic E-state index is 0.0388. The van der Waals surface area contributed by atoms with Gasteiger partial charge in [-0.1, -0.05) is 13.8 Å². The van der Waals surface area contributed by atoms with Gasteiger partial charge in [0.05, 0.1) is 12.7 Å². The number of pyridine rings is 1. The summed E-state index contributed by atoms with van der Waals surface area (Å²) in [6.45, 7) is 9.74. The highest BCUT2D eigenvalue weighted by atomic mass is 16.6. The first-order valence-corrected chi connectivity index (χ1v) is 8.54. The van der Waals surface area contributed by atoms with Crippen LogP contribution in [0, 0.1) is 5.92 Å². The summed E-state index contributed by atoms with van der Waals surface area (Å²) in [5.74, 6) is -0.115. The Labute approximate surface area is 150 Å². The van der Waals surface area contributed by atoms with Gasteiger partial charge in [0.25, 0.3) is 0 Å². The van der Waals surface area contributed by atoms with Gasteiger partial charge in [-0.3, -0.25) is 4.98 Å². The van der Waals surface area contributed by atoms with E-state index in [4.69, 9.17) is 4.74 Å². The molecular formula is C19H30N2O4. The first-order valence-electron chi connectivity index (χ1n) is 8.54. The second kappa shape index (κ2) is 8.83. The third-order valence-corrected chi connectivity index (χ3v) is 3.89. The lowest BCUT2D eigenvalue weighted by Crippen LogP contribution is -2.43. The van der Waals surface area contributed by atoms with Gasteiger partial charge in [-0.2, -0.15) is 0 Å². The molecule has 0 saturated carbocycles. The van der Waals surface area contributed by atoms with E-state index >= 15 is 0 Å². The van der Waals surface area contributed by atoms with Crippen LogP contribution in [-0.2, 0) is 15.9 Å². The molecule has 0 unspecified atom stereocenters. The van der Waals surface area contributed by atoms with Crippen molar-refractivity contribution in [3.05, 3.63) is 29.6 Å². The fourth-order valence-corrected chi connectivity index (χ4v) is 2.55. The number of esters is 1. The van der Waals surface area contributed by atoms with Crippen molar-refractivity contribution in [1.82, 2.24) is 9.88 Å². The van der Waals surface area contributed by atoms with E-state index < -0.39 is 11.6 Å². The largest absolute Gasteiger partial charge is 0.465 e. The molecule has 1 heterocycles. The summed E-state index contributed by atoms with van der Waals surface area (Å²) in [7, 11) is 3.11. The van der Waals surface area contributed by atoms with Crippen molar-refractivity contribution in [1.29, 1.82) is 0 Å². The summed E-state index contributed by atoms with van der Waals surface area (Å²) in [6.07, 6.45) is 2.67. The number of aryl methyl sites for hydroxylation is 1. The van der Waals surface area contributed by atoms with Crippen LogP contribution >= 0.6 is 0 Å². The molecular weight excluding hydrogens is 320 g/mol. The third kappa shape index (κ3) is 6.72. The van der Waals surface area contributed by atoms with E-state index in [9.17, 15) is 9.59 Å². The molecule has 0 aliphatic carbocycles. The van der Waals surface area contributed by atoms with Crippen LogP contribution in [0.1, 0.15) is 57.1 Å². The first kappa shape index (κ1) is 20.9. The van der Waals surface area contributed by atoms with E-state index in [2.05, 4.69) is 23.6 Å². The van der Waals surface area contributed by atoms with Crippen LogP contribution < -0.4 is 0 Å². The Morgan fingerprint density at radius 2 is 1.88 bits per heavy atom. The van der Waals surface area contributed by atoms with Gasteiger partial charge < -0.3 is 14.4 Å². The maximum Gasteiger partial charge on any atom is 0.410 e. The average Bonchev–Trinajstić information content (AvgIpc) is 2.52. The minimum Gasteiger partial charge on any atom is -0.465 e. The van der Waals surface area contributed by atoms with Crippen LogP contribution in [0.25, 0.3) is 0 Å². The normalized spacial score (nSPS) is 12.6. The van der Waals surface area contributed by atoms with Crippen LogP contribution in [0.4, 0.5) is 4.79 Å². The number of amides is 1. The predicted molar refractivity (Wildman–Crippen MR) is 96.5 cm³/mol. The minimum atomic E-state index is -0.516. The Hall–Kier alpha value is -2.11. The lowest BCUT2D eigenvalue weighted by molar-refractivity contribution is 0.0169. The van der Waals surface area contributed by atoms with Gasteiger partial charge in [0.1, 0.15) is 5.60 Å². The van der Waals surface area contributed by atoms with Gasteiger partial charge in [0.15, 0.2) is 0 Å². The van der Waals surface area contributed by atoms with Gasteiger partial charge in [0.2, 0.25) is 0 Å². The zero-order valence-corrected chi connectivity index (χ0v) is 16.3. The molecule has 1 amide bonds. The van der Waals surface area contributed by atoms with E-state index in [-0.39, 0.29) is 18.1 Å². The average molecular weight is 350 g/mol. The highest BCUT2D eigenvalue weighted by molar-refractivity contribution is 5.88. The summed E-state index contributed by atoms with van der Waals surface area (Å²) in [5, 5.41) is 0. The fourth-order valence-electron chi connectivity index (χ4n) is 2.55. The first-order chi connectivity index (χ1) is 11.5. The van der Waals surface area contributed by atoms with Gasteiger partial charge in [-0.15, -0.1) is 0 Å². The van der Waals surface area contributed by atoms with E-state index in [1.165, 1.54) is 13.3 Å². The molecule has 0 saturated heterocycles. The van der Waals surface area contributed by atoms with Gasteiger partial charge in [-0.05, 0) is 51.7 Å². The topological polar surface area (TPSA) is 68.7 Å². The summed E-state index contributed by atoms with van der Waals surface area (Å²) < 4.78 is 10.1. The molecule has 1 atom stereocenters. The second-order valence-corrected chi connectivity index (χ2v) is 7.47. The molecule has 0 N–H and O–H groups in total. The lowest BCUT2D eigenvalue weighted by atomic mass is 9.97. The Morgan fingerprint density at radius 3 is 2.32 bits per heavy atom. The van der Waals surface area contributed by atoms with Crippen molar-refractivity contribution in [2.45, 2.75) is 59.1 Å². The SMILES string of the molecule is COC(=O)c1ccc(CC[C@H](C(C)C)N(C)C(=O)OC(C)(C)C)nc1. The van der Waals surface area contributed by atoms with Crippen molar-refractivity contribution in [2.75, 3.05) is 14.2 Å². The monoisotopic (exact) mass is 350 g/mol. The molecule has 140 valence electrons. The summed E-state index contributed by atoms with van der Waals surface area (Å²) in [6, 6.07) is 3.56. The molecule has 1 aromatic rings. The number of methoxy groups -OCH3 is 1. The Bertz CT molecular complexity index is 576. The molecule has 0 aromatic carbocycles. The number of aromatic nitrogens is 1. The number of rotatable bonds is 6. The van der Waals surface area contributed by atoms with Crippen LogP contribution in [0.3, 0.4) is 0 Å². The second-order valence-electron chi connectivity index (χ2n) is 7.47. The molecule has 0 aliphatic rings. The molecule has 0 aliphatic heterocycles. The number of nitrogens with zero attached hydrogens (tertiary/aromatic N) is 2. The zero-order valence-electron chi connectivity index (χ0n) is 16.3. The van der Waals surface area contributed by atoms with Crippen LogP contribution in [0.5, 0.6) is 0 Å². The molecule has 6 heteroatoms. The molecule has 0 fully saturated rings. The van der Waals surface area contributed by atoms with Gasteiger partial charge in [-0.25, -0.2) is 9.59 Å². The van der Waals surface area contributed by atoms with Gasteiger partial charge >= 0.3 is 12.1 Å². The van der Waals surface area contributed by atoms with Crippen LogP contribution in [-0.4, -0.2) is 47.7 Å². The molecule has 6 nitrogen and oxygen atoms in total. The fraction of sp³-hybridized carbons (Fsp3) is 0.632. The summed E-state index contributed by atoms with van der Waals surface area (Å²) in [4.78, 5) is 29.7. The quantitative estimate of drug-likeness (QED) is 0.732. The smallest absolute Gasteiger partial charge is 0.410 e. The predicted octanol–water partition coefficient (Wildman–Crippen LogP) is 3.69. The van der Waals surface area contributed by atoms with Crippen LogP contribution in [0.15, 0.2) is 18.3 Å². The highest BCUT2D eigenvalue weighted by Crippen LogP contribution is 2.19. The van der Waals surface area contributed by atoms with Crippen molar-refractivity contribution < 1.29 is 19.1 Å². The number of carbonyl (C=O) groups excluding carboxylic acids is 2. The van der Waals surface area contributed by atoms with Crippen molar-refractivity contribution in [3.63, 3.8) is 0 Å². The number of hydrogen-bond acceptors (Lipinski definition) is 5. The summed E-state index contributed by atoms with van der Waals surface area (Å²) in [5.41, 5.74) is 0.784. The zero-order chi connectivity index (χ0) is 19.2. The third-order valence-electron chi connectivity index (χ3n) is 3.89. The Kier molecular flexibility index (Phi) is 7.39. The Morgan fingerprint density at radius 1 is 1.24 bits per heavy atom. The van der Waals surface area contributed by atoms with Crippen molar-refractivity contribution >= 4 is 12.1 Å². The van der Waals surface area contributed by atoms with Crippen molar-refractivity contribution in [3.8, 4) is 0 Å². The molecule has 0 radical (unpaired) electrons. The van der Waals surface area contributed by atoms with Crippen LogP contribution in [0.2, 0.25) is 0 Å². The van der Waals surface area contributed by atoms with E-state index in [1.54, 1.807) is 18.0 Å². The lowest BCUT2D eigenvalue weighted by Gasteiger charge is -2.33. The number of ether oxygens (including phenoxy) is 2. The standard InChI is InChI=1S/C19H30N2O4/c1-13(2)16(21(6)18(23)25-19(3,4)5)11-10-15-9-8-14(12-20-15)17(22)24-7/h8-9,12-13,16H,10-11H2,1-7H3/t16-/m1/s1.